The summed E-state index contributed by atoms with van der Waals surface area (Å²) in [5, 5.41) is 8.78. The van der Waals surface area contributed by atoms with Gasteiger partial charge in [-0.15, -0.1) is 0 Å². The van der Waals surface area contributed by atoms with Crippen molar-refractivity contribution in [2.75, 3.05) is 6.61 Å². The molecule has 0 aromatic heterocycles. The van der Waals surface area contributed by atoms with Crippen molar-refractivity contribution in [1.82, 2.24) is 0 Å². The molecule has 0 aliphatic carbocycles. The highest BCUT2D eigenvalue weighted by atomic mass is 19.1. The first-order chi connectivity index (χ1) is 8.52. The Morgan fingerprint density at radius 3 is 2.78 bits per heavy atom. The molecule has 3 nitrogen and oxygen atoms in total. The number of aromatic carboxylic acids is 1. The lowest BCUT2D eigenvalue weighted by atomic mass is 10.1. The van der Waals surface area contributed by atoms with Gasteiger partial charge in [0.2, 0.25) is 0 Å². The highest BCUT2D eigenvalue weighted by molar-refractivity contribution is 5.88. The van der Waals surface area contributed by atoms with Gasteiger partial charge in [0.15, 0.2) is 0 Å². The molecule has 0 fully saturated rings. The first-order valence-corrected chi connectivity index (χ1v) is 6.10. The van der Waals surface area contributed by atoms with Crippen LogP contribution in [0.15, 0.2) is 18.2 Å². The lowest BCUT2D eigenvalue weighted by Crippen LogP contribution is -2.05. The Kier molecular flexibility index (Phi) is 5.78. The molecule has 0 radical (unpaired) electrons. The third-order valence-corrected chi connectivity index (χ3v) is 2.64. The molecule has 0 heterocycles. The van der Waals surface area contributed by atoms with Crippen molar-refractivity contribution < 1.29 is 19.0 Å². The van der Waals surface area contributed by atoms with E-state index in [-0.39, 0.29) is 12.2 Å². The van der Waals surface area contributed by atoms with Gasteiger partial charge in [0.05, 0.1) is 12.2 Å². The van der Waals surface area contributed by atoms with Crippen molar-refractivity contribution in [3.8, 4) is 0 Å². The van der Waals surface area contributed by atoms with Gasteiger partial charge in [0, 0.05) is 12.2 Å². The summed E-state index contributed by atoms with van der Waals surface area (Å²) in [6.07, 6.45) is 2.00. The molecule has 1 aromatic carbocycles. The lowest BCUT2D eigenvalue weighted by Gasteiger charge is -2.08. The summed E-state index contributed by atoms with van der Waals surface area (Å²) < 4.78 is 19.1. The zero-order valence-electron chi connectivity index (χ0n) is 10.8. The molecule has 0 aliphatic heterocycles. The van der Waals surface area contributed by atoms with Crippen LogP contribution < -0.4 is 0 Å². The molecule has 0 saturated heterocycles. The molecular weight excluding hydrogens is 235 g/mol. The van der Waals surface area contributed by atoms with E-state index in [0.717, 1.165) is 12.8 Å². The zero-order chi connectivity index (χ0) is 13.5. The zero-order valence-corrected chi connectivity index (χ0v) is 10.8. The molecule has 100 valence electrons. The Bertz CT molecular complexity index is 402. The summed E-state index contributed by atoms with van der Waals surface area (Å²) in [7, 11) is 0. The van der Waals surface area contributed by atoms with Gasteiger partial charge in [-0.05, 0) is 24.8 Å². The van der Waals surface area contributed by atoms with E-state index in [1.165, 1.54) is 12.1 Å². The number of hydrogen-bond acceptors (Lipinski definition) is 2. The van der Waals surface area contributed by atoms with Gasteiger partial charge in [-0.3, -0.25) is 0 Å². The van der Waals surface area contributed by atoms with Crippen LogP contribution in [0.5, 0.6) is 0 Å². The first-order valence-electron chi connectivity index (χ1n) is 6.10. The largest absolute Gasteiger partial charge is 0.478 e. The maximum atomic E-state index is 13.7. The minimum absolute atomic E-state index is 0.116. The van der Waals surface area contributed by atoms with Crippen LogP contribution in [0.1, 0.15) is 42.6 Å². The molecule has 0 aliphatic rings. The van der Waals surface area contributed by atoms with E-state index < -0.39 is 11.8 Å². The molecule has 0 atom stereocenters. The maximum absolute atomic E-state index is 13.7. The summed E-state index contributed by atoms with van der Waals surface area (Å²) >= 11 is 0. The summed E-state index contributed by atoms with van der Waals surface area (Å²) in [6.45, 7) is 4.95. The molecule has 0 amide bonds. The molecular formula is C14H19FO3. The minimum atomic E-state index is -1.26. The topological polar surface area (TPSA) is 46.5 Å². The summed E-state index contributed by atoms with van der Waals surface area (Å²) in [6, 6.07) is 4.32. The number of carboxylic acid groups (broad SMARTS) is 1. The number of carboxylic acids is 1. The van der Waals surface area contributed by atoms with Crippen LogP contribution in [-0.2, 0) is 11.3 Å². The average Bonchev–Trinajstić information content (AvgIpc) is 2.30. The van der Waals surface area contributed by atoms with E-state index in [4.69, 9.17) is 9.84 Å². The van der Waals surface area contributed by atoms with Crippen LogP contribution in [0.4, 0.5) is 4.39 Å². The van der Waals surface area contributed by atoms with Gasteiger partial charge in [0.25, 0.3) is 0 Å². The van der Waals surface area contributed by atoms with E-state index in [0.29, 0.717) is 18.1 Å². The van der Waals surface area contributed by atoms with E-state index >= 15 is 0 Å². The van der Waals surface area contributed by atoms with Gasteiger partial charge < -0.3 is 9.84 Å². The fraction of sp³-hybridized carbons (Fsp3) is 0.500. The van der Waals surface area contributed by atoms with E-state index in [1.54, 1.807) is 6.07 Å². The molecule has 1 N–H and O–H groups in total. The second-order valence-corrected chi connectivity index (χ2v) is 4.67. The summed E-state index contributed by atoms with van der Waals surface area (Å²) in [4.78, 5) is 10.7. The second-order valence-electron chi connectivity index (χ2n) is 4.67. The minimum Gasteiger partial charge on any atom is -0.478 e. The van der Waals surface area contributed by atoms with Crippen LogP contribution in [0, 0.1) is 11.7 Å². The van der Waals surface area contributed by atoms with E-state index in [1.807, 2.05) is 0 Å². The predicted octanol–water partition coefficient (Wildman–Crippen LogP) is 3.48. The molecule has 1 rings (SSSR count). The fourth-order valence-electron chi connectivity index (χ4n) is 1.63. The van der Waals surface area contributed by atoms with Crippen LogP contribution in [0.25, 0.3) is 0 Å². The Labute approximate surface area is 107 Å². The molecule has 4 heteroatoms. The van der Waals surface area contributed by atoms with E-state index in [9.17, 15) is 9.18 Å². The van der Waals surface area contributed by atoms with Gasteiger partial charge in [0.1, 0.15) is 5.82 Å². The lowest BCUT2D eigenvalue weighted by molar-refractivity contribution is 0.0690. The van der Waals surface area contributed by atoms with E-state index in [2.05, 4.69) is 13.8 Å². The first kappa shape index (κ1) is 14.6. The summed E-state index contributed by atoms with van der Waals surface area (Å²) in [5.41, 5.74) is -0.0160. The molecule has 0 spiro atoms. The predicted molar refractivity (Wildman–Crippen MR) is 67.1 cm³/mol. The second kappa shape index (κ2) is 7.11. The number of rotatable bonds is 7. The SMILES string of the molecule is CC(C)CCCOCc1cccc(C(=O)O)c1F. The highest BCUT2D eigenvalue weighted by Gasteiger charge is 2.13. The van der Waals surface area contributed by atoms with Crippen LogP contribution in [0.2, 0.25) is 0 Å². The Balaban J connectivity index is 2.48. The third-order valence-electron chi connectivity index (χ3n) is 2.64. The van der Waals surface area contributed by atoms with Crippen molar-refractivity contribution in [3.63, 3.8) is 0 Å². The van der Waals surface area contributed by atoms with Gasteiger partial charge >= 0.3 is 5.97 Å². The van der Waals surface area contributed by atoms with Crippen molar-refractivity contribution in [3.05, 3.63) is 35.1 Å². The molecule has 0 saturated carbocycles. The average molecular weight is 254 g/mol. The summed E-state index contributed by atoms with van der Waals surface area (Å²) in [5.74, 6) is -1.33. The Morgan fingerprint density at radius 2 is 2.17 bits per heavy atom. The normalized spacial score (nSPS) is 10.9. The number of hydrogen-bond donors (Lipinski definition) is 1. The van der Waals surface area contributed by atoms with Crippen molar-refractivity contribution >= 4 is 5.97 Å². The maximum Gasteiger partial charge on any atom is 0.338 e. The monoisotopic (exact) mass is 254 g/mol. The molecule has 18 heavy (non-hydrogen) atoms. The van der Waals surface area contributed by atoms with Crippen LogP contribution in [-0.4, -0.2) is 17.7 Å². The molecule has 0 unspecified atom stereocenters. The number of halogens is 1. The quantitative estimate of drug-likeness (QED) is 0.758. The van der Waals surface area contributed by atoms with Crippen LogP contribution >= 0.6 is 0 Å². The van der Waals surface area contributed by atoms with Crippen molar-refractivity contribution in [2.45, 2.75) is 33.3 Å². The van der Waals surface area contributed by atoms with Crippen molar-refractivity contribution in [2.24, 2.45) is 5.92 Å². The fourth-order valence-corrected chi connectivity index (χ4v) is 1.63. The Morgan fingerprint density at radius 1 is 1.44 bits per heavy atom. The van der Waals surface area contributed by atoms with Gasteiger partial charge in [-0.25, -0.2) is 9.18 Å². The van der Waals surface area contributed by atoms with Crippen LogP contribution in [0.3, 0.4) is 0 Å². The third kappa shape index (κ3) is 4.45. The standard InChI is InChI=1S/C14H19FO3/c1-10(2)5-4-8-18-9-11-6-3-7-12(13(11)15)14(16)17/h3,6-7,10H,4-5,8-9H2,1-2H3,(H,16,17). The molecule has 1 aromatic rings. The molecule has 0 bridgehead atoms. The smallest absolute Gasteiger partial charge is 0.338 e. The van der Waals surface area contributed by atoms with Crippen molar-refractivity contribution in [1.29, 1.82) is 0 Å². The van der Waals surface area contributed by atoms with Gasteiger partial charge in [-0.2, -0.15) is 0 Å². The van der Waals surface area contributed by atoms with Gasteiger partial charge in [-0.1, -0.05) is 26.0 Å². The number of ether oxygens (including phenoxy) is 1. The number of benzene rings is 1. The Hall–Kier alpha value is -1.42. The number of carbonyl (C=O) groups is 1. The highest BCUT2D eigenvalue weighted by Crippen LogP contribution is 2.14.